The van der Waals surface area contributed by atoms with E-state index in [1.54, 1.807) is 19.9 Å². The number of oxime groups is 1. The second-order valence-corrected chi connectivity index (χ2v) is 13.8. The molecule has 0 bridgehead atoms. The SMILES string of the molecule is Cc1nc(-c2ccc(C(F)(F)F)cc2)sc1COc1ccc(C#N)c(F)c1.Cc1nc(-c2ccc(C(F)(F)F)cc2)sc1COc1ccc(C(N)=NO)c(F)c1. The lowest BCUT2D eigenvalue weighted by Gasteiger charge is -2.07. The molecule has 56 heavy (non-hydrogen) atoms. The second-order valence-electron chi connectivity index (χ2n) is 11.7. The van der Waals surface area contributed by atoms with Gasteiger partial charge in [0, 0.05) is 23.3 Å². The molecule has 8 nitrogen and oxygen atoms in total. The first-order chi connectivity index (χ1) is 26.5. The maximum atomic E-state index is 14.0. The Morgan fingerprint density at radius 3 is 1.52 bits per heavy atom. The van der Waals surface area contributed by atoms with Gasteiger partial charge in [-0.25, -0.2) is 18.7 Å². The number of amidine groups is 1. The van der Waals surface area contributed by atoms with Gasteiger partial charge in [-0.05, 0) is 62.4 Å². The number of nitrogens with zero attached hydrogens (tertiary/aromatic N) is 4. The molecule has 0 aliphatic heterocycles. The molecule has 0 aliphatic carbocycles. The molecule has 0 spiro atoms. The van der Waals surface area contributed by atoms with E-state index in [1.165, 1.54) is 71.2 Å². The first-order valence-electron chi connectivity index (χ1n) is 16.0. The summed E-state index contributed by atoms with van der Waals surface area (Å²) in [5.41, 5.74) is 6.29. The number of nitrogens with two attached hydrogens (primary N) is 1. The van der Waals surface area contributed by atoms with Crippen LogP contribution in [0, 0.1) is 36.8 Å². The summed E-state index contributed by atoms with van der Waals surface area (Å²) in [6.45, 7) is 3.76. The highest BCUT2D eigenvalue weighted by Gasteiger charge is 2.31. The average Bonchev–Trinajstić information content (AvgIpc) is 3.73. The van der Waals surface area contributed by atoms with Crippen molar-refractivity contribution in [1.29, 1.82) is 5.26 Å². The number of hydrogen-bond donors (Lipinski definition) is 2. The Balaban J connectivity index is 0.000000215. The van der Waals surface area contributed by atoms with Crippen molar-refractivity contribution in [2.24, 2.45) is 10.9 Å². The fourth-order valence-electron chi connectivity index (χ4n) is 4.80. The van der Waals surface area contributed by atoms with E-state index >= 15 is 0 Å². The van der Waals surface area contributed by atoms with Gasteiger partial charge in [0.25, 0.3) is 0 Å². The molecule has 0 fully saturated rings. The first kappa shape index (κ1) is 41.1. The molecule has 0 saturated carbocycles. The van der Waals surface area contributed by atoms with E-state index in [9.17, 15) is 35.1 Å². The van der Waals surface area contributed by atoms with Crippen LogP contribution in [0.2, 0.25) is 0 Å². The van der Waals surface area contributed by atoms with Crippen molar-refractivity contribution in [3.05, 3.63) is 140 Å². The predicted molar refractivity (Wildman–Crippen MR) is 193 cm³/mol. The van der Waals surface area contributed by atoms with Crippen LogP contribution in [0.5, 0.6) is 11.5 Å². The van der Waals surface area contributed by atoms with E-state index in [1.807, 2.05) is 0 Å². The van der Waals surface area contributed by atoms with Gasteiger partial charge >= 0.3 is 12.4 Å². The summed E-state index contributed by atoms with van der Waals surface area (Å²) in [4.78, 5) is 10.3. The summed E-state index contributed by atoms with van der Waals surface area (Å²) in [5, 5.41) is 21.2. The predicted octanol–water partition coefficient (Wildman–Crippen LogP) is 10.7. The Kier molecular flexibility index (Phi) is 12.6. The minimum absolute atomic E-state index is 0.0570. The number of benzene rings is 4. The standard InChI is InChI=1S/C19H15F4N3O2S.C19H12F4N2OS/c1-10-16(9-28-13-6-7-14(15(20)8-13)17(24)26-27)29-18(25-10)11-2-4-12(5-3-11)19(21,22)23;1-11-17(10-26-15-7-4-13(9-24)16(20)8-15)27-18(25-11)12-2-5-14(6-3-12)19(21,22)23/h2-8,27H,9H2,1H3,(H2,24,26);2-8H,10H2,1H3. The third-order valence-corrected chi connectivity index (χ3v) is 10.2. The number of ether oxygens (including phenoxy) is 2. The normalized spacial score (nSPS) is 11.8. The number of hydrogen-bond acceptors (Lipinski definition) is 9. The topological polar surface area (TPSA) is 127 Å². The van der Waals surface area contributed by atoms with Crippen molar-refractivity contribution >= 4 is 28.5 Å². The van der Waals surface area contributed by atoms with Crippen molar-refractivity contribution in [3.63, 3.8) is 0 Å². The molecule has 18 heteroatoms. The highest BCUT2D eigenvalue weighted by molar-refractivity contribution is 7.15. The Labute approximate surface area is 321 Å². The van der Waals surface area contributed by atoms with Crippen LogP contribution in [0.25, 0.3) is 21.1 Å². The Hall–Kier alpha value is -6.06. The molecule has 290 valence electrons. The highest BCUT2D eigenvalue weighted by Crippen LogP contribution is 2.35. The lowest BCUT2D eigenvalue weighted by Crippen LogP contribution is -2.15. The number of nitriles is 1. The molecule has 6 aromatic rings. The van der Waals surface area contributed by atoms with Crippen molar-refractivity contribution in [2.75, 3.05) is 0 Å². The Bertz CT molecular complexity index is 2390. The zero-order chi connectivity index (χ0) is 40.8. The number of halogens is 8. The summed E-state index contributed by atoms with van der Waals surface area (Å²) < 4.78 is 115. The van der Waals surface area contributed by atoms with Gasteiger partial charge in [0.2, 0.25) is 0 Å². The van der Waals surface area contributed by atoms with Crippen molar-refractivity contribution in [2.45, 2.75) is 39.4 Å². The van der Waals surface area contributed by atoms with Crippen LogP contribution in [0.3, 0.4) is 0 Å². The molecule has 2 aromatic heterocycles. The fraction of sp³-hybridized carbons (Fsp3) is 0.158. The second kappa shape index (κ2) is 17.2. The lowest BCUT2D eigenvalue weighted by molar-refractivity contribution is -0.138. The van der Waals surface area contributed by atoms with Crippen LogP contribution in [-0.2, 0) is 25.6 Å². The molecule has 0 amide bonds. The molecule has 0 saturated heterocycles. The monoisotopic (exact) mass is 817 g/mol. The van der Waals surface area contributed by atoms with Crippen LogP contribution in [0.4, 0.5) is 35.1 Å². The summed E-state index contributed by atoms with van der Waals surface area (Å²) in [7, 11) is 0. The van der Waals surface area contributed by atoms with Gasteiger partial charge < -0.3 is 20.4 Å². The quantitative estimate of drug-likeness (QED) is 0.0489. The van der Waals surface area contributed by atoms with Crippen molar-refractivity contribution in [3.8, 4) is 38.7 Å². The van der Waals surface area contributed by atoms with Crippen molar-refractivity contribution < 1.29 is 49.8 Å². The third kappa shape index (κ3) is 10.2. The number of alkyl halides is 6. The van der Waals surface area contributed by atoms with E-state index < -0.39 is 35.1 Å². The van der Waals surface area contributed by atoms with Crippen molar-refractivity contribution in [1.82, 2.24) is 9.97 Å². The van der Waals surface area contributed by atoms with Gasteiger partial charge in [-0.1, -0.05) is 29.4 Å². The van der Waals surface area contributed by atoms with Gasteiger partial charge in [-0.2, -0.15) is 31.6 Å². The third-order valence-electron chi connectivity index (χ3n) is 7.83. The maximum absolute atomic E-state index is 14.0. The van der Waals surface area contributed by atoms with Crippen LogP contribution in [0.1, 0.15) is 43.4 Å². The highest BCUT2D eigenvalue weighted by atomic mass is 32.1. The van der Waals surface area contributed by atoms with Gasteiger partial charge in [-0.15, -0.1) is 22.7 Å². The molecular formula is C38H27F8N5O3S2. The number of aromatic nitrogens is 2. The van der Waals surface area contributed by atoms with Gasteiger partial charge in [0.05, 0.1) is 43.4 Å². The van der Waals surface area contributed by atoms with Gasteiger partial charge in [0.1, 0.15) is 52.4 Å². The van der Waals surface area contributed by atoms with Crippen LogP contribution < -0.4 is 15.2 Å². The van der Waals surface area contributed by atoms with E-state index in [0.29, 0.717) is 32.5 Å². The van der Waals surface area contributed by atoms with E-state index in [2.05, 4.69) is 15.1 Å². The summed E-state index contributed by atoms with van der Waals surface area (Å²) in [5.74, 6) is -1.21. The molecule has 0 atom stereocenters. The molecule has 0 radical (unpaired) electrons. The van der Waals surface area contributed by atoms with E-state index in [4.69, 9.17) is 25.7 Å². The number of thiazole rings is 2. The average molecular weight is 818 g/mol. The largest absolute Gasteiger partial charge is 0.488 e. The van der Waals surface area contributed by atoms with Gasteiger partial charge in [0.15, 0.2) is 5.84 Å². The maximum Gasteiger partial charge on any atom is 0.416 e. The summed E-state index contributed by atoms with van der Waals surface area (Å²) in [6, 6.07) is 19.1. The molecular weight excluding hydrogens is 791 g/mol. The minimum atomic E-state index is -4.39. The molecule has 2 heterocycles. The van der Waals surface area contributed by atoms with Crippen LogP contribution in [-0.4, -0.2) is 21.0 Å². The van der Waals surface area contributed by atoms with E-state index in [0.717, 1.165) is 46.2 Å². The Morgan fingerprint density at radius 1 is 0.714 bits per heavy atom. The first-order valence-corrected chi connectivity index (χ1v) is 17.6. The lowest BCUT2D eigenvalue weighted by atomic mass is 10.1. The number of rotatable bonds is 9. The fourth-order valence-corrected chi connectivity index (χ4v) is 6.76. The molecule has 6 rings (SSSR count). The van der Waals surface area contributed by atoms with E-state index in [-0.39, 0.29) is 41.7 Å². The zero-order valence-corrected chi connectivity index (χ0v) is 30.6. The molecule has 0 unspecified atom stereocenters. The van der Waals surface area contributed by atoms with Crippen LogP contribution in [0.15, 0.2) is 90.1 Å². The molecule has 4 aromatic carbocycles. The summed E-state index contributed by atoms with van der Waals surface area (Å²) >= 11 is 2.57. The summed E-state index contributed by atoms with van der Waals surface area (Å²) in [6.07, 6.45) is -8.78. The van der Waals surface area contributed by atoms with Crippen LogP contribution >= 0.6 is 22.7 Å². The smallest absolute Gasteiger partial charge is 0.416 e. The number of aryl methyl sites for hydroxylation is 2. The van der Waals surface area contributed by atoms with Gasteiger partial charge in [-0.3, -0.25) is 0 Å². The Morgan fingerprint density at radius 2 is 1.14 bits per heavy atom. The minimum Gasteiger partial charge on any atom is -0.488 e. The molecule has 3 N–H and O–H groups in total. The molecule has 0 aliphatic rings. The zero-order valence-electron chi connectivity index (χ0n) is 29.0.